The normalized spacial score (nSPS) is 11.0. The van der Waals surface area contributed by atoms with Crippen LogP contribution in [0.4, 0.5) is 5.69 Å². The van der Waals surface area contributed by atoms with Crippen molar-refractivity contribution >= 4 is 34.8 Å². The van der Waals surface area contributed by atoms with Crippen molar-refractivity contribution in [3.63, 3.8) is 0 Å². The van der Waals surface area contributed by atoms with E-state index in [9.17, 15) is 9.59 Å². The Balaban J connectivity index is 1.81. The van der Waals surface area contributed by atoms with Crippen LogP contribution in [0.5, 0.6) is 5.75 Å². The Kier molecular flexibility index (Phi) is 7.37. The van der Waals surface area contributed by atoms with Crippen LogP contribution < -0.4 is 15.5 Å². The van der Waals surface area contributed by atoms with Crippen molar-refractivity contribution in [3.8, 4) is 5.75 Å². The summed E-state index contributed by atoms with van der Waals surface area (Å²) in [5.41, 5.74) is 5.24. The molecule has 0 spiro atoms. The lowest BCUT2D eigenvalue weighted by Gasteiger charge is -2.10. The van der Waals surface area contributed by atoms with Gasteiger partial charge in [0, 0.05) is 16.4 Å². The maximum atomic E-state index is 12.1. The standard InChI is InChI=1S/C20H22ClN3O3/c1-13-7-4-5-10-18(13)27-12-20(26)24-23-14(2)11-19(25)22-17-9-6-8-16(21)15(17)3/h4-10H,11-12H2,1-3H3,(H,22,25)(H,24,26)/b23-14-. The second-order valence-electron chi connectivity index (χ2n) is 6.07. The molecule has 0 aliphatic carbocycles. The van der Waals surface area contributed by atoms with E-state index in [-0.39, 0.29) is 18.9 Å². The van der Waals surface area contributed by atoms with Gasteiger partial charge in [0.1, 0.15) is 5.75 Å². The molecule has 2 aromatic rings. The van der Waals surface area contributed by atoms with Gasteiger partial charge in [-0.2, -0.15) is 5.10 Å². The Morgan fingerprint density at radius 2 is 1.81 bits per heavy atom. The van der Waals surface area contributed by atoms with Crippen molar-refractivity contribution in [1.82, 2.24) is 5.43 Å². The predicted molar refractivity (Wildman–Crippen MR) is 107 cm³/mol. The van der Waals surface area contributed by atoms with Crippen molar-refractivity contribution in [3.05, 3.63) is 58.6 Å². The quantitative estimate of drug-likeness (QED) is 0.559. The number of carbonyl (C=O) groups is 2. The molecule has 0 fully saturated rings. The number of carbonyl (C=O) groups excluding carboxylic acids is 2. The molecule has 142 valence electrons. The van der Waals surface area contributed by atoms with E-state index in [4.69, 9.17) is 16.3 Å². The van der Waals surface area contributed by atoms with E-state index in [0.717, 1.165) is 11.1 Å². The van der Waals surface area contributed by atoms with Crippen LogP contribution in [0.25, 0.3) is 0 Å². The predicted octanol–water partition coefficient (Wildman–Crippen LogP) is 3.86. The fraction of sp³-hybridized carbons (Fsp3) is 0.250. The lowest BCUT2D eigenvalue weighted by Crippen LogP contribution is -2.26. The van der Waals surface area contributed by atoms with E-state index in [1.165, 1.54) is 0 Å². The highest BCUT2D eigenvalue weighted by molar-refractivity contribution is 6.31. The van der Waals surface area contributed by atoms with Gasteiger partial charge in [-0.15, -0.1) is 0 Å². The third-order valence-corrected chi connectivity index (χ3v) is 4.19. The number of aryl methyl sites for hydroxylation is 1. The number of hydrogen-bond donors (Lipinski definition) is 2. The monoisotopic (exact) mass is 387 g/mol. The van der Waals surface area contributed by atoms with Crippen molar-refractivity contribution in [2.24, 2.45) is 5.10 Å². The number of benzene rings is 2. The number of nitrogens with one attached hydrogen (secondary N) is 2. The van der Waals surface area contributed by atoms with Crippen LogP contribution in [-0.2, 0) is 9.59 Å². The molecule has 0 aliphatic rings. The smallest absolute Gasteiger partial charge is 0.277 e. The summed E-state index contributed by atoms with van der Waals surface area (Å²) in [6.07, 6.45) is 0.0465. The van der Waals surface area contributed by atoms with Gasteiger partial charge in [0.05, 0.1) is 6.42 Å². The summed E-state index contributed by atoms with van der Waals surface area (Å²) in [5, 5.41) is 7.29. The molecule has 2 amide bonds. The van der Waals surface area contributed by atoms with Gasteiger partial charge in [0.25, 0.3) is 5.91 Å². The molecule has 0 heterocycles. The van der Waals surface area contributed by atoms with Gasteiger partial charge in [0.2, 0.25) is 5.91 Å². The third-order valence-electron chi connectivity index (χ3n) is 3.78. The highest BCUT2D eigenvalue weighted by Crippen LogP contribution is 2.23. The molecular weight excluding hydrogens is 366 g/mol. The van der Waals surface area contributed by atoms with Gasteiger partial charge in [0.15, 0.2) is 6.61 Å². The molecular formula is C20H22ClN3O3. The average molecular weight is 388 g/mol. The van der Waals surface area contributed by atoms with Gasteiger partial charge < -0.3 is 10.1 Å². The molecule has 6 nitrogen and oxygen atoms in total. The first-order valence-corrected chi connectivity index (χ1v) is 8.80. The van der Waals surface area contributed by atoms with Crippen molar-refractivity contribution < 1.29 is 14.3 Å². The average Bonchev–Trinajstić information content (AvgIpc) is 2.63. The second kappa shape index (κ2) is 9.73. The van der Waals surface area contributed by atoms with E-state index in [0.29, 0.717) is 22.2 Å². The summed E-state index contributed by atoms with van der Waals surface area (Å²) < 4.78 is 5.44. The minimum Gasteiger partial charge on any atom is -0.483 e. The highest BCUT2D eigenvalue weighted by atomic mass is 35.5. The zero-order valence-corrected chi connectivity index (χ0v) is 16.3. The fourth-order valence-corrected chi connectivity index (χ4v) is 2.44. The Hall–Kier alpha value is -2.86. The second-order valence-corrected chi connectivity index (χ2v) is 6.48. The van der Waals surface area contributed by atoms with Gasteiger partial charge in [-0.1, -0.05) is 35.9 Å². The summed E-state index contributed by atoms with van der Waals surface area (Å²) in [6.45, 7) is 5.23. The van der Waals surface area contributed by atoms with Crippen LogP contribution >= 0.6 is 11.6 Å². The topological polar surface area (TPSA) is 79.8 Å². The number of rotatable bonds is 7. The first-order chi connectivity index (χ1) is 12.9. The number of halogens is 1. The molecule has 0 aliphatic heterocycles. The molecule has 0 saturated heterocycles. The van der Waals surface area contributed by atoms with E-state index in [2.05, 4.69) is 15.8 Å². The summed E-state index contributed by atoms with van der Waals surface area (Å²) in [6, 6.07) is 12.7. The summed E-state index contributed by atoms with van der Waals surface area (Å²) in [7, 11) is 0. The van der Waals surface area contributed by atoms with E-state index in [1.807, 2.05) is 32.0 Å². The SMILES string of the molecule is C/C(CC(=O)Nc1cccc(Cl)c1C)=N/NC(=O)COc1ccccc1C. The number of hydrazone groups is 1. The van der Waals surface area contributed by atoms with Crippen molar-refractivity contribution in [1.29, 1.82) is 0 Å². The van der Waals surface area contributed by atoms with Crippen molar-refractivity contribution in [2.75, 3.05) is 11.9 Å². The Morgan fingerprint density at radius 1 is 1.07 bits per heavy atom. The molecule has 2 rings (SSSR count). The van der Waals surface area contributed by atoms with Crippen LogP contribution in [0.15, 0.2) is 47.6 Å². The molecule has 27 heavy (non-hydrogen) atoms. The number of ether oxygens (including phenoxy) is 1. The van der Waals surface area contributed by atoms with Gasteiger partial charge >= 0.3 is 0 Å². The first kappa shape index (κ1) is 20.5. The number of nitrogens with zero attached hydrogens (tertiary/aromatic N) is 1. The Morgan fingerprint density at radius 3 is 2.56 bits per heavy atom. The molecule has 7 heteroatoms. The minimum atomic E-state index is -0.399. The Labute approximate surface area is 163 Å². The van der Waals surface area contributed by atoms with Gasteiger partial charge in [-0.3, -0.25) is 9.59 Å². The fourth-order valence-electron chi connectivity index (χ4n) is 2.26. The number of hydrogen-bond acceptors (Lipinski definition) is 4. The minimum absolute atomic E-state index is 0.0465. The molecule has 0 saturated carbocycles. The zero-order chi connectivity index (χ0) is 19.8. The molecule has 2 aromatic carbocycles. The van der Waals surface area contributed by atoms with Crippen LogP contribution in [0.3, 0.4) is 0 Å². The summed E-state index contributed by atoms with van der Waals surface area (Å²) in [5.74, 6) is 0.000318. The molecule has 0 atom stereocenters. The number of anilines is 1. The van der Waals surface area contributed by atoms with Crippen LogP contribution in [0, 0.1) is 13.8 Å². The van der Waals surface area contributed by atoms with Crippen LogP contribution in [-0.4, -0.2) is 24.1 Å². The maximum Gasteiger partial charge on any atom is 0.277 e. The lowest BCUT2D eigenvalue weighted by atomic mass is 10.2. The van der Waals surface area contributed by atoms with Gasteiger partial charge in [-0.05, 0) is 50.1 Å². The molecule has 0 unspecified atom stereocenters. The molecule has 0 radical (unpaired) electrons. The number of amides is 2. The first-order valence-electron chi connectivity index (χ1n) is 8.42. The van der Waals surface area contributed by atoms with E-state index >= 15 is 0 Å². The van der Waals surface area contributed by atoms with Crippen LogP contribution in [0.1, 0.15) is 24.5 Å². The van der Waals surface area contributed by atoms with Crippen LogP contribution in [0.2, 0.25) is 5.02 Å². The zero-order valence-electron chi connectivity index (χ0n) is 15.5. The van der Waals surface area contributed by atoms with E-state index < -0.39 is 5.91 Å². The number of para-hydroxylation sites is 1. The molecule has 0 bridgehead atoms. The third kappa shape index (κ3) is 6.42. The summed E-state index contributed by atoms with van der Waals surface area (Å²) in [4.78, 5) is 23.9. The molecule has 2 N–H and O–H groups in total. The van der Waals surface area contributed by atoms with Gasteiger partial charge in [-0.25, -0.2) is 5.43 Å². The maximum absolute atomic E-state index is 12.1. The van der Waals surface area contributed by atoms with Crippen molar-refractivity contribution in [2.45, 2.75) is 27.2 Å². The van der Waals surface area contributed by atoms with E-state index in [1.54, 1.807) is 31.2 Å². The largest absolute Gasteiger partial charge is 0.483 e. The lowest BCUT2D eigenvalue weighted by molar-refractivity contribution is -0.123. The molecule has 0 aromatic heterocycles. The Bertz CT molecular complexity index is 865. The highest BCUT2D eigenvalue weighted by Gasteiger charge is 2.09. The summed E-state index contributed by atoms with van der Waals surface area (Å²) >= 11 is 6.04.